The summed E-state index contributed by atoms with van der Waals surface area (Å²) < 4.78 is 11.0. The predicted molar refractivity (Wildman–Crippen MR) is 122 cm³/mol. The molecule has 7 heteroatoms. The molecule has 0 bridgehead atoms. The van der Waals surface area contributed by atoms with E-state index in [0.717, 1.165) is 22.5 Å². The molecule has 1 amide bonds. The fraction of sp³-hybridized carbons (Fsp3) is 0.292. The highest BCUT2D eigenvalue weighted by Crippen LogP contribution is 2.32. The van der Waals surface area contributed by atoms with Crippen molar-refractivity contribution in [3.8, 4) is 5.75 Å². The lowest BCUT2D eigenvalue weighted by Crippen LogP contribution is -2.23. The fourth-order valence-electron chi connectivity index (χ4n) is 2.98. The highest BCUT2D eigenvalue weighted by atomic mass is 32.1. The van der Waals surface area contributed by atoms with Crippen LogP contribution in [0, 0.1) is 13.8 Å². The largest absolute Gasteiger partial charge is 0.487 e. The smallest absolute Gasteiger partial charge is 0.338 e. The molecule has 0 radical (unpaired) electrons. The van der Waals surface area contributed by atoms with Crippen LogP contribution >= 0.6 is 11.3 Å². The molecule has 0 aliphatic heterocycles. The number of hydrogen-bond donors (Lipinski definition) is 0. The molecule has 0 spiro atoms. The van der Waals surface area contributed by atoms with E-state index in [2.05, 4.69) is 4.98 Å². The van der Waals surface area contributed by atoms with E-state index in [4.69, 9.17) is 9.47 Å². The number of amides is 1. The van der Waals surface area contributed by atoms with Gasteiger partial charge < -0.3 is 9.47 Å². The maximum absolute atomic E-state index is 12.4. The van der Waals surface area contributed by atoms with Crippen LogP contribution in [-0.2, 0) is 16.1 Å². The summed E-state index contributed by atoms with van der Waals surface area (Å²) in [6.07, 6.45) is -0.166. The third kappa shape index (κ3) is 5.49. The van der Waals surface area contributed by atoms with Crippen molar-refractivity contribution in [1.82, 2.24) is 4.98 Å². The number of nitrogens with zero attached hydrogens (tertiary/aromatic N) is 2. The van der Waals surface area contributed by atoms with Gasteiger partial charge in [0.15, 0.2) is 5.13 Å². The van der Waals surface area contributed by atoms with Crippen molar-refractivity contribution >= 4 is 34.0 Å². The van der Waals surface area contributed by atoms with Crippen molar-refractivity contribution < 1.29 is 19.1 Å². The summed E-state index contributed by atoms with van der Waals surface area (Å²) in [5.41, 5.74) is 4.19. The van der Waals surface area contributed by atoms with Crippen LogP contribution in [0.4, 0.5) is 10.8 Å². The summed E-state index contributed by atoms with van der Waals surface area (Å²) in [5.74, 6) is 0.162. The number of aromatic nitrogens is 1. The number of carbonyl (C=O) groups excluding carboxylic acids is 2. The minimum atomic E-state index is -0.360. The maximum Gasteiger partial charge on any atom is 0.338 e. The van der Waals surface area contributed by atoms with Gasteiger partial charge in [-0.15, -0.1) is 11.3 Å². The van der Waals surface area contributed by atoms with Crippen LogP contribution in [0.1, 0.15) is 48.0 Å². The van der Waals surface area contributed by atoms with Crippen LogP contribution in [0.3, 0.4) is 0 Å². The highest BCUT2D eigenvalue weighted by Gasteiger charge is 2.20. The quantitative estimate of drug-likeness (QED) is 0.450. The van der Waals surface area contributed by atoms with Crippen molar-refractivity contribution in [3.05, 3.63) is 70.2 Å². The lowest BCUT2D eigenvalue weighted by molar-refractivity contribution is -0.115. The van der Waals surface area contributed by atoms with E-state index in [0.29, 0.717) is 16.4 Å². The zero-order chi connectivity index (χ0) is 22.5. The molecule has 1 heterocycles. The van der Waals surface area contributed by atoms with Crippen LogP contribution in [0.2, 0.25) is 0 Å². The summed E-state index contributed by atoms with van der Waals surface area (Å²) in [4.78, 5) is 30.5. The number of anilines is 2. The van der Waals surface area contributed by atoms with Gasteiger partial charge >= 0.3 is 5.97 Å². The van der Waals surface area contributed by atoms with Gasteiger partial charge in [0.1, 0.15) is 12.4 Å². The average Bonchev–Trinajstić information content (AvgIpc) is 3.18. The Morgan fingerprint density at radius 2 is 1.81 bits per heavy atom. The maximum atomic E-state index is 12.4. The molecule has 0 fully saturated rings. The molecule has 6 nitrogen and oxygen atoms in total. The van der Waals surface area contributed by atoms with E-state index in [9.17, 15) is 9.59 Å². The zero-order valence-corrected chi connectivity index (χ0v) is 19.2. The van der Waals surface area contributed by atoms with Crippen LogP contribution in [0.5, 0.6) is 5.75 Å². The van der Waals surface area contributed by atoms with Gasteiger partial charge in [0.2, 0.25) is 5.91 Å². The van der Waals surface area contributed by atoms with Crippen molar-refractivity contribution in [2.45, 2.75) is 47.3 Å². The van der Waals surface area contributed by atoms with Crippen molar-refractivity contribution in [2.24, 2.45) is 0 Å². The molecule has 3 aromatic rings. The third-order valence-electron chi connectivity index (χ3n) is 4.68. The Bertz CT molecular complexity index is 1070. The van der Waals surface area contributed by atoms with Gasteiger partial charge in [-0.25, -0.2) is 9.78 Å². The van der Waals surface area contributed by atoms with E-state index in [1.807, 2.05) is 51.3 Å². The summed E-state index contributed by atoms with van der Waals surface area (Å²) in [7, 11) is 0. The second-order valence-corrected chi connectivity index (χ2v) is 8.30. The second kappa shape index (κ2) is 9.75. The second-order valence-electron chi connectivity index (χ2n) is 7.46. The molecule has 3 rings (SSSR count). The Morgan fingerprint density at radius 1 is 1.10 bits per heavy atom. The summed E-state index contributed by atoms with van der Waals surface area (Å²) >= 11 is 1.40. The Hall–Kier alpha value is -3.19. The number of thiazole rings is 1. The number of aryl methyl sites for hydroxylation is 1. The van der Waals surface area contributed by atoms with Gasteiger partial charge in [0.05, 0.1) is 23.0 Å². The average molecular weight is 439 g/mol. The molecular formula is C24H26N2O4S. The summed E-state index contributed by atoms with van der Waals surface area (Å²) in [6, 6.07) is 12.7. The van der Waals surface area contributed by atoms with E-state index < -0.39 is 0 Å². The molecule has 0 saturated heterocycles. The molecule has 0 aliphatic carbocycles. The van der Waals surface area contributed by atoms with E-state index in [-0.39, 0.29) is 24.6 Å². The molecule has 1 aromatic heterocycles. The molecule has 0 N–H and O–H groups in total. The van der Waals surface area contributed by atoms with E-state index in [1.54, 1.807) is 29.2 Å². The minimum absolute atomic E-state index is 0.0978. The first kappa shape index (κ1) is 22.5. The van der Waals surface area contributed by atoms with Gasteiger partial charge in [0, 0.05) is 12.3 Å². The first-order valence-electron chi connectivity index (χ1n) is 10.0. The minimum Gasteiger partial charge on any atom is -0.487 e. The van der Waals surface area contributed by atoms with Gasteiger partial charge in [-0.2, -0.15) is 0 Å². The Balaban J connectivity index is 1.70. The first-order valence-corrected chi connectivity index (χ1v) is 10.9. The van der Waals surface area contributed by atoms with Gasteiger partial charge in [-0.05, 0) is 69.2 Å². The monoisotopic (exact) mass is 438 g/mol. The summed E-state index contributed by atoms with van der Waals surface area (Å²) in [5, 5.41) is 2.48. The first-order chi connectivity index (χ1) is 14.8. The van der Waals surface area contributed by atoms with Crippen molar-refractivity contribution in [2.75, 3.05) is 4.90 Å². The lowest BCUT2D eigenvalue weighted by Gasteiger charge is -2.21. The molecule has 162 valence electrons. The van der Waals surface area contributed by atoms with Crippen molar-refractivity contribution in [1.29, 1.82) is 0 Å². The third-order valence-corrected chi connectivity index (χ3v) is 5.56. The Labute approximate surface area is 186 Å². The Kier molecular flexibility index (Phi) is 7.07. The normalized spacial score (nSPS) is 10.8. The topological polar surface area (TPSA) is 68.7 Å². The standard InChI is InChI=1S/C24H26N2O4S/c1-15(2)30-23(28)19-9-11-21(12-10-19)29-13-20-14-31-24(25-20)26(18(5)27)22-8-6-7-16(3)17(22)4/h6-12,14-15H,13H2,1-5H3. The SMILES string of the molecule is CC(=O)N(c1nc(COc2ccc(C(=O)OC(C)C)cc2)cs1)c1cccc(C)c1C. The number of hydrogen-bond acceptors (Lipinski definition) is 6. The molecular weight excluding hydrogens is 412 g/mol. The number of esters is 1. The molecule has 2 aromatic carbocycles. The van der Waals surface area contributed by atoms with Gasteiger partial charge in [0.25, 0.3) is 0 Å². The lowest BCUT2D eigenvalue weighted by atomic mass is 10.1. The van der Waals surface area contributed by atoms with Crippen LogP contribution in [0.25, 0.3) is 0 Å². The van der Waals surface area contributed by atoms with E-state index in [1.165, 1.54) is 18.3 Å². The van der Waals surface area contributed by atoms with Crippen LogP contribution in [0.15, 0.2) is 47.8 Å². The molecule has 0 atom stereocenters. The zero-order valence-electron chi connectivity index (χ0n) is 18.3. The van der Waals surface area contributed by atoms with Gasteiger partial charge in [-0.1, -0.05) is 12.1 Å². The highest BCUT2D eigenvalue weighted by molar-refractivity contribution is 7.14. The summed E-state index contributed by atoms with van der Waals surface area (Å²) in [6.45, 7) is 9.43. The molecule has 0 aliphatic rings. The number of carbonyl (C=O) groups is 2. The number of ether oxygens (including phenoxy) is 2. The molecule has 0 unspecified atom stereocenters. The number of benzene rings is 2. The Morgan fingerprint density at radius 3 is 2.45 bits per heavy atom. The molecule has 31 heavy (non-hydrogen) atoms. The number of rotatable bonds is 7. The van der Waals surface area contributed by atoms with Gasteiger partial charge in [-0.3, -0.25) is 9.69 Å². The predicted octanol–water partition coefficient (Wildman–Crippen LogP) is 5.59. The van der Waals surface area contributed by atoms with E-state index >= 15 is 0 Å². The van der Waals surface area contributed by atoms with Crippen LogP contribution in [-0.4, -0.2) is 23.0 Å². The molecule has 0 saturated carbocycles. The van der Waals surface area contributed by atoms with Crippen molar-refractivity contribution in [3.63, 3.8) is 0 Å². The van der Waals surface area contributed by atoms with Crippen LogP contribution < -0.4 is 9.64 Å². The fourth-order valence-corrected chi connectivity index (χ4v) is 3.84.